The predicted octanol–water partition coefficient (Wildman–Crippen LogP) is 2.20. The Labute approximate surface area is 153 Å². The number of benzene rings is 1. The molecule has 26 heavy (non-hydrogen) atoms. The van der Waals surface area contributed by atoms with Crippen LogP contribution in [0.15, 0.2) is 42.7 Å². The Morgan fingerprint density at radius 1 is 1.27 bits per heavy atom. The zero-order valence-corrected chi connectivity index (χ0v) is 15.1. The van der Waals surface area contributed by atoms with Crippen LogP contribution >= 0.6 is 0 Å². The summed E-state index contributed by atoms with van der Waals surface area (Å²) in [6.07, 6.45) is 6.57. The molecule has 2 amide bonds. The summed E-state index contributed by atoms with van der Waals surface area (Å²) in [7, 11) is 1.83. The number of fused-ring (bicyclic) bond motifs is 2. The van der Waals surface area contributed by atoms with Crippen molar-refractivity contribution in [1.82, 2.24) is 14.7 Å². The molecule has 2 aromatic rings. The number of piperidine rings is 1. The number of anilines is 1. The van der Waals surface area contributed by atoms with Gasteiger partial charge in [0, 0.05) is 51.2 Å². The molecule has 1 aromatic heterocycles. The fourth-order valence-corrected chi connectivity index (χ4v) is 4.36. The molecule has 0 bridgehead atoms. The first-order valence-electron chi connectivity index (χ1n) is 9.25. The van der Waals surface area contributed by atoms with E-state index in [2.05, 4.69) is 5.10 Å². The number of aryl methyl sites for hydroxylation is 1. The molecule has 136 valence electrons. The van der Waals surface area contributed by atoms with E-state index in [1.807, 2.05) is 53.2 Å². The van der Waals surface area contributed by atoms with E-state index in [0.717, 1.165) is 43.6 Å². The van der Waals surface area contributed by atoms with Gasteiger partial charge in [0.15, 0.2) is 0 Å². The molecule has 4 rings (SSSR count). The minimum absolute atomic E-state index is 0.118. The van der Waals surface area contributed by atoms with Crippen molar-refractivity contribution in [2.45, 2.75) is 37.6 Å². The topological polar surface area (TPSA) is 58.4 Å². The average Bonchev–Trinajstić information content (AvgIpc) is 3.25. The maximum Gasteiger partial charge on any atom is 0.239 e. The molecule has 1 saturated heterocycles. The molecule has 3 heterocycles. The minimum Gasteiger partial charge on any atom is -0.341 e. The minimum atomic E-state index is -0.568. The molecular formula is C20H24N4O2. The summed E-state index contributed by atoms with van der Waals surface area (Å²) in [5, 5.41) is 4.17. The number of hydrogen-bond acceptors (Lipinski definition) is 3. The van der Waals surface area contributed by atoms with Crippen molar-refractivity contribution < 1.29 is 9.59 Å². The van der Waals surface area contributed by atoms with Crippen LogP contribution < -0.4 is 4.90 Å². The Kier molecular flexibility index (Phi) is 4.26. The number of para-hydroxylation sites is 1. The van der Waals surface area contributed by atoms with Crippen molar-refractivity contribution in [3.63, 3.8) is 0 Å². The average molecular weight is 352 g/mol. The lowest BCUT2D eigenvalue weighted by Gasteiger charge is -2.39. The highest BCUT2D eigenvalue weighted by atomic mass is 16.2. The highest BCUT2D eigenvalue weighted by molar-refractivity contribution is 6.08. The summed E-state index contributed by atoms with van der Waals surface area (Å²) in [6, 6.07) is 9.87. The summed E-state index contributed by atoms with van der Waals surface area (Å²) in [5.41, 5.74) is 1.48. The van der Waals surface area contributed by atoms with E-state index in [9.17, 15) is 9.59 Å². The van der Waals surface area contributed by atoms with E-state index >= 15 is 0 Å². The van der Waals surface area contributed by atoms with Gasteiger partial charge in [-0.3, -0.25) is 14.3 Å². The van der Waals surface area contributed by atoms with Crippen molar-refractivity contribution in [2.24, 2.45) is 0 Å². The smallest absolute Gasteiger partial charge is 0.239 e. The second-order valence-corrected chi connectivity index (χ2v) is 7.25. The van der Waals surface area contributed by atoms with Crippen molar-refractivity contribution in [2.75, 3.05) is 25.0 Å². The molecule has 6 nitrogen and oxygen atoms in total. The van der Waals surface area contributed by atoms with Crippen molar-refractivity contribution in [1.29, 1.82) is 0 Å². The highest BCUT2D eigenvalue weighted by Gasteiger charge is 2.52. The van der Waals surface area contributed by atoms with Crippen LogP contribution in [0.1, 0.15) is 31.2 Å². The third-order valence-corrected chi connectivity index (χ3v) is 5.68. The fraction of sp³-hybridized carbons (Fsp3) is 0.450. The van der Waals surface area contributed by atoms with Gasteiger partial charge in [0.25, 0.3) is 0 Å². The zero-order valence-electron chi connectivity index (χ0n) is 15.1. The van der Waals surface area contributed by atoms with Crippen LogP contribution in [0, 0.1) is 0 Å². The van der Waals surface area contributed by atoms with Gasteiger partial charge in [0.2, 0.25) is 11.8 Å². The molecule has 2 aliphatic rings. The quantitative estimate of drug-likeness (QED) is 0.848. The lowest BCUT2D eigenvalue weighted by molar-refractivity contribution is -0.136. The Morgan fingerprint density at radius 3 is 2.92 bits per heavy atom. The number of likely N-dealkylation sites (N-methyl/N-ethyl adjacent to an activating group) is 1. The van der Waals surface area contributed by atoms with Crippen molar-refractivity contribution in [3.8, 4) is 0 Å². The second-order valence-electron chi connectivity index (χ2n) is 7.25. The summed E-state index contributed by atoms with van der Waals surface area (Å²) in [5.74, 6) is 0.254. The van der Waals surface area contributed by atoms with Crippen LogP contribution in [0.25, 0.3) is 0 Å². The SMILES string of the molecule is CN1C(=O)[C@]2(CCCN(C(=O)CCCn3cccn3)C2)c2ccccc21. The molecule has 0 saturated carbocycles. The molecule has 1 spiro atoms. The molecule has 6 heteroatoms. The Balaban J connectivity index is 1.47. The van der Waals surface area contributed by atoms with Gasteiger partial charge in [-0.05, 0) is 37.0 Å². The number of nitrogens with zero attached hydrogens (tertiary/aromatic N) is 4. The standard InChI is InChI=1S/C20H24N4O2/c1-22-17-8-3-2-7-16(17)20(19(22)26)10-5-12-23(15-20)18(25)9-4-13-24-14-6-11-21-24/h2-3,6-8,11,14H,4-5,9-10,12-13,15H2,1H3/t20-/m0/s1. The largest absolute Gasteiger partial charge is 0.341 e. The van der Waals surface area contributed by atoms with Gasteiger partial charge in [-0.15, -0.1) is 0 Å². The van der Waals surface area contributed by atoms with E-state index in [0.29, 0.717) is 13.0 Å². The number of aromatic nitrogens is 2. The molecule has 0 unspecified atom stereocenters. The number of amides is 2. The van der Waals surface area contributed by atoms with E-state index < -0.39 is 5.41 Å². The molecule has 0 N–H and O–H groups in total. The van der Waals surface area contributed by atoms with E-state index in [1.54, 1.807) is 11.1 Å². The van der Waals surface area contributed by atoms with Crippen molar-refractivity contribution >= 4 is 17.5 Å². The highest BCUT2D eigenvalue weighted by Crippen LogP contribution is 2.46. The Hall–Kier alpha value is -2.63. The summed E-state index contributed by atoms with van der Waals surface area (Å²) >= 11 is 0. The molecule has 1 aromatic carbocycles. The van der Waals surface area contributed by atoms with Crippen LogP contribution in [0.5, 0.6) is 0 Å². The van der Waals surface area contributed by atoms with E-state index in [1.165, 1.54) is 0 Å². The fourth-order valence-electron chi connectivity index (χ4n) is 4.36. The Morgan fingerprint density at radius 2 is 2.12 bits per heavy atom. The number of likely N-dealkylation sites (tertiary alicyclic amines) is 1. The summed E-state index contributed by atoms with van der Waals surface area (Å²) in [4.78, 5) is 29.4. The zero-order chi connectivity index (χ0) is 18.1. The lowest BCUT2D eigenvalue weighted by atomic mass is 9.75. The van der Waals surface area contributed by atoms with Gasteiger partial charge >= 0.3 is 0 Å². The van der Waals surface area contributed by atoms with Crippen molar-refractivity contribution in [3.05, 3.63) is 48.3 Å². The van der Waals surface area contributed by atoms with Crippen LogP contribution in [0.4, 0.5) is 5.69 Å². The number of carbonyl (C=O) groups excluding carboxylic acids is 2. The Bertz CT molecular complexity index is 817. The molecule has 1 fully saturated rings. The normalized spacial score (nSPS) is 22.1. The monoisotopic (exact) mass is 352 g/mol. The maximum absolute atomic E-state index is 13.1. The van der Waals surface area contributed by atoms with Gasteiger partial charge in [-0.25, -0.2) is 0 Å². The van der Waals surface area contributed by atoms with Crippen LogP contribution in [0.3, 0.4) is 0 Å². The third-order valence-electron chi connectivity index (χ3n) is 5.68. The first kappa shape index (κ1) is 16.8. The third kappa shape index (κ3) is 2.69. The molecular weight excluding hydrogens is 328 g/mol. The van der Waals surface area contributed by atoms with Gasteiger partial charge in [-0.1, -0.05) is 18.2 Å². The predicted molar refractivity (Wildman–Crippen MR) is 98.8 cm³/mol. The van der Waals surface area contributed by atoms with Gasteiger partial charge in [-0.2, -0.15) is 5.10 Å². The van der Waals surface area contributed by atoms with Crippen LogP contribution in [0.2, 0.25) is 0 Å². The molecule has 0 radical (unpaired) electrons. The van der Waals surface area contributed by atoms with Gasteiger partial charge in [0.1, 0.15) is 0 Å². The first-order chi connectivity index (χ1) is 12.6. The van der Waals surface area contributed by atoms with Gasteiger partial charge in [0.05, 0.1) is 5.41 Å². The number of rotatable bonds is 4. The lowest BCUT2D eigenvalue weighted by Crippen LogP contribution is -2.53. The first-order valence-corrected chi connectivity index (χ1v) is 9.25. The van der Waals surface area contributed by atoms with Crippen LogP contribution in [-0.2, 0) is 21.5 Å². The maximum atomic E-state index is 13.1. The summed E-state index contributed by atoms with van der Waals surface area (Å²) in [6.45, 7) is 1.97. The van der Waals surface area contributed by atoms with Gasteiger partial charge < -0.3 is 9.80 Å². The van der Waals surface area contributed by atoms with E-state index in [4.69, 9.17) is 0 Å². The van der Waals surface area contributed by atoms with Crippen LogP contribution in [-0.4, -0.2) is 46.6 Å². The second kappa shape index (κ2) is 6.59. The molecule has 1 atom stereocenters. The number of carbonyl (C=O) groups is 2. The molecule has 2 aliphatic heterocycles. The number of hydrogen-bond donors (Lipinski definition) is 0. The van der Waals surface area contributed by atoms with E-state index in [-0.39, 0.29) is 11.8 Å². The summed E-state index contributed by atoms with van der Waals surface area (Å²) < 4.78 is 1.84. The molecule has 0 aliphatic carbocycles.